The number of carbonyl (C=O) groups excluding carboxylic acids is 1. The molecule has 0 aliphatic rings. The summed E-state index contributed by atoms with van der Waals surface area (Å²) in [6.45, 7) is 2.24. The van der Waals surface area contributed by atoms with Crippen molar-refractivity contribution >= 4 is 5.91 Å². The number of rotatable bonds is 5. The van der Waals surface area contributed by atoms with E-state index in [9.17, 15) is 4.79 Å². The van der Waals surface area contributed by atoms with Gasteiger partial charge in [-0.05, 0) is 18.6 Å². The van der Waals surface area contributed by atoms with Crippen molar-refractivity contribution in [2.24, 2.45) is 0 Å². The Morgan fingerprint density at radius 3 is 3.07 bits per heavy atom. The molecule has 1 N–H and O–H groups in total. The molecule has 0 bridgehead atoms. The average Bonchev–Trinajstić information content (AvgIpc) is 2.20. The number of hydroxylamine groups is 1. The normalized spacial score (nSPS) is 9.79. The third-order valence-corrected chi connectivity index (χ3v) is 1.61. The molecule has 14 heavy (non-hydrogen) atoms. The maximum absolute atomic E-state index is 11.0. The molecule has 0 atom stereocenters. The number of hydrogen-bond donors (Lipinski definition) is 1. The van der Waals surface area contributed by atoms with Crippen LogP contribution < -0.4 is 5.48 Å². The highest BCUT2D eigenvalue weighted by Gasteiger charge is 1.98. The van der Waals surface area contributed by atoms with Gasteiger partial charge in [-0.2, -0.15) is 0 Å². The molecule has 76 valence electrons. The fraction of sp³-hybridized carbons (Fsp3) is 0.400. The van der Waals surface area contributed by atoms with Crippen molar-refractivity contribution in [2.75, 3.05) is 0 Å². The molecule has 0 aliphatic heterocycles. The third-order valence-electron chi connectivity index (χ3n) is 1.61. The SMILES string of the molecule is CCCC(=O)NOCc1ccccn1. The van der Waals surface area contributed by atoms with E-state index in [0.29, 0.717) is 13.0 Å². The Morgan fingerprint density at radius 1 is 1.57 bits per heavy atom. The largest absolute Gasteiger partial charge is 0.273 e. The van der Waals surface area contributed by atoms with Gasteiger partial charge in [-0.25, -0.2) is 5.48 Å². The smallest absolute Gasteiger partial charge is 0.243 e. The van der Waals surface area contributed by atoms with Gasteiger partial charge < -0.3 is 0 Å². The van der Waals surface area contributed by atoms with E-state index in [-0.39, 0.29) is 5.91 Å². The molecule has 0 saturated heterocycles. The number of carbonyl (C=O) groups is 1. The zero-order valence-corrected chi connectivity index (χ0v) is 8.19. The molecule has 0 unspecified atom stereocenters. The Kier molecular flexibility index (Phi) is 4.64. The monoisotopic (exact) mass is 194 g/mol. The van der Waals surface area contributed by atoms with Crippen molar-refractivity contribution in [3.63, 3.8) is 0 Å². The summed E-state index contributed by atoms with van der Waals surface area (Å²) < 4.78 is 0. The van der Waals surface area contributed by atoms with E-state index in [1.807, 2.05) is 25.1 Å². The molecule has 1 heterocycles. The summed E-state index contributed by atoms with van der Waals surface area (Å²) in [5.41, 5.74) is 3.15. The lowest BCUT2D eigenvalue weighted by Crippen LogP contribution is -2.23. The Morgan fingerprint density at radius 2 is 2.43 bits per heavy atom. The van der Waals surface area contributed by atoms with Crippen LogP contribution in [0, 0.1) is 0 Å². The van der Waals surface area contributed by atoms with E-state index in [1.54, 1.807) is 6.20 Å². The maximum atomic E-state index is 11.0. The van der Waals surface area contributed by atoms with E-state index in [0.717, 1.165) is 12.1 Å². The molecule has 0 saturated carbocycles. The Labute approximate surface area is 83.3 Å². The number of aromatic nitrogens is 1. The van der Waals surface area contributed by atoms with Gasteiger partial charge in [0, 0.05) is 12.6 Å². The molecule has 1 amide bonds. The lowest BCUT2D eigenvalue weighted by molar-refractivity contribution is -0.134. The van der Waals surface area contributed by atoms with Gasteiger partial charge in [-0.1, -0.05) is 13.0 Å². The van der Waals surface area contributed by atoms with Gasteiger partial charge in [-0.3, -0.25) is 14.6 Å². The first kappa shape index (κ1) is 10.7. The summed E-state index contributed by atoms with van der Waals surface area (Å²) in [5.74, 6) is -0.0940. The topological polar surface area (TPSA) is 51.2 Å². The van der Waals surface area contributed by atoms with Crippen LogP contribution in [0.25, 0.3) is 0 Å². The van der Waals surface area contributed by atoms with Crippen LogP contribution in [0.3, 0.4) is 0 Å². The van der Waals surface area contributed by atoms with Gasteiger partial charge in [0.2, 0.25) is 5.91 Å². The van der Waals surface area contributed by atoms with Crippen molar-refractivity contribution in [1.82, 2.24) is 10.5 Å². The molecule has 4 nitrogen and oxygen atoms in total. The molecule has 0 spiro atoms. The summed E-state index contributed by atoms with van der Waals surface area (Å²) in [7, 11) is 0. The summed E-state index contributed by atoms with van der Waals surface area (Å²) in [5, 5.41) is 0. The van der Waals surface area contributed by atoms with E-state index in [1.165, 1.54) is 0 Å². The second-order valence-electron chi connectivity index (χ2n) is 2.88. The summed E-state index contributed by atoms with van der Waals surface area (Å²) in [6.07, 6.45) is 2.99. The van der Waals surface area contributed by atoms with Crippen LogP contribution in [0.2, 0.25) is 0 Å². The molecular weight excluding hydrogens is 180 g/mol. The minimum absolute atomic E-state index is 0.0940. The fourth-order valence-corrected chi connectivity index (χ4v) is 0.952. The first-order valence-electron chi connectivity index (χ1n) is 4.63. The molecule has 1 aromatic heterocycles. The van der Waals surface area contributed by atoms with E-state index in [4.69, 9.17) is 4.84 Å². The summed E-state index contributed by atoms with van der Waals surface area (Å²) >= 11 is 0. The second kappa shape index (κ2) is 6.10. The van der Waals surface area contributed by atoms with Crippen molar-refractivity contribution in [3.05, 3.63) is 30.1 Å². The minimum atomic E-state index is -0.0940. The molecule has 1 rings (SSSR count). The van der Waals surface area contributed by atoms with Gasteiger partial charge >= 0.3 is 0 Å². The van der Waals surface area contributed by atoms with E-state index < -0.39 is 0 Å². The number of nitrogens with zero attached hydrogens (tertiary/aromatic N) is 1. The minimum Gasteiger partial charge on any atom is -0.273 e. The number of nitrogens with one attached hydrogen (secondary N) is 1. The zero-order chi connectivity index (χ0) is 10.2. The Balaban J connectivity index is 2.19. The lowest BCUT2D eigenvalue weighted by Gasteiger charge is -2.03. The molecule has 0 aromatic carbocycles. The van der Waals surface area contributed by atoms with Gasteiger partial charge in [-0.15, -0.1) is 0 Å². The third kappa shape index (κ3) is 4.00. The molecule has 1 aromatic rings. The molecular formula is C10H14N2O2. The van der Waals surface area contributed by atoms with Gasteiger partial charge in [0.15, 0.2) is 0 Å². The highest BCUT2D eigenvalue weighted by molar-refractivity contribution is 5.74. The van der Waals surface area contributed by atoms with Gasteiger partial charge in [0.1, 0.15) is 6.61 Å². The quantitative estimate of drug-likeness (QED) is 0.721. The molecule has 0 fully saturated rings. The summed E-state index contributed by atoms with van der Waals surface area (Å²) in [4.78, 5) is 20.0. The van der Waals surface area contributed by atoms with Crippen molar-refractivity contribution in [2.45, 2.75) is 26.4 Å². The van der Waals surface area contributed by atoms with Crippen LogP contribution in [0.1, 0.15) is 25.5 Å². The van der Waals surface area contributed by atoms with E-state index >= 15 is 0 Å². The van der Waals surface area contributed by atoms with Crippen LogP contribution in [0.4, 0.5) is 0 Å². The first-order chi connectivity index (χ1) is 6.83. The number of pyridine rings is 1. The number of hydrogen-bond acceptors (Lipinski definition) is 3. The number of amides is 1. The second-order valence-corrected chi connectivity index (χ2v) is 2.88. The van der Waals surface area contributed by atoms with Gasteiger partial charge in [0.25, 0.3) is 0 Å². The fourth-order valence-electron chi connectivity index (χ4n) is 0.952. The first-order valence-corrected chi connectivity index (χ1v) is 4.63. The van der Waals surface area contributed by atoms with Crippen molar-refractivity contribution in [1.29, 1.82) is 0 Å². The van der Waals surface area contributed by atoms with Crippen molar-refractivity contribution in [3.8, 4) is 0 Å². The molecule has 0 radical (unpaired) electrons. The molecule has 4 heteroatoms. The Hall–Kier alpha value is -1.42. The Bertz CT molecular complexity index is 275. The van der Waals surface area contributed by atoms with Crippen LogP contribution in [-0.2, 0) is 16.2 Å². The predicted octanol–water partition coefficient (Wildman–Crippen LogP) is 1.43. The highest BCUT2D eigenvalue weighted by atomic mass is 16.6. The van der Waals surface area contributed by atoms with Gasteiger partial charge in [0.05, 0.1) is 5.69 Å². The predicted molar refractivity (Wildman–Crippen MR) is 52.1 cm³/mol. The standard InChI is InChI=1S/C10H14N2O2/c1-2-5-10(13)12-14-8-9-6-3-4-7-11-9/h3-4,6-7H,2,5,8H2,1H3,(H,12,13). The van der Waals surface area contributed by atoms with Crippen LogP contribution in [0.5, 0.6) is 0 Å². The summed E-state index contributed by atoms with van der Waals surface area (Å²) in [6, 6.07) is 5.55. The average molecular weight is 194 g/mol. The maximum Gasteiger partial charge on any atom is 0.243 e. The lowest BCUT2D eigenvalue weighted by atomic mass is 10.3. The van der Waals surface area contributed by atoms with Crippen molar-refractivity contribution < 1.29 is 9.63 Å². The van der Waals surface area contributed by atoms with E-state index in [2.05, 4.69) is 10.5 Å². The highest BCUT2D eigenvalue weighted by Crippen LogP contribution is 1.94. The molecule has 0 aliphatic carbocycles. The van der Waals surface area contributed by atoms with Crippen LogP contribution >= 0.6 is 0 Å². The van der Waals surface area contributed by atoms with Crippen LogP contribution in [-0.4, -0.2) is 10.9 Å². The van der Waals surface area contributed by atoms with Crippen LogP contribution in [0.15, 0.2) is 24.4 Å². The zero-order valence-electron chi connectivity index (χ0n) is 8.19.